The van der Waals surface area contributed by atoms with E-state index >= 15 is 0 Å². The normalized spacial score (nSPS) is 10.1. The number of anilines is 1. The van der Waals surface area contributed by atoms with Gasteiger partial charge < -0.3 is 14.8 Å². The van der Waals surface area contributed by atoms with Gasteiger partial charge >= 0.3 is 0 Å². The first-order chi connectivity index (χ1) is 12.2. The quantitative estimate of drug-likeness (QED) is 0.747. The van der Waals surface area contributed by atoms with Crippen LogP contribution in [0.3, 0.4) is 0 Å². The summed E-state index contributed by atoms with van der Waals surface area (Å²) in [6, 6.07) is 14.5. The van der Waals surface area contributed by atoms with Gasteiger partial charge in [-0.25, -0.2) is 4.98 Å². The van der Waals surface area contributed by atoms with E-state index in [1.54, 1.807) is 43.8 Å². The number of nitrogens with one attached hydrogen (secondary N) is 1. The van der Waals surface area contributed by atoms with Crippen molar-refractivity contribution in [1.29, 1.82) is 0 Å². The predicted octanol–water partition coefficient (Wildman–Crippen LogP) is 3.46. The van der Waals surface area contributed by atoms with Crippen LogP contribution in [0.25, 0.3) is 0 Å². The topological polar surface area (TPSA) is 73.3 Å². The lowest BCUT2D eigenvalue weighted by atomic mass is 10.1. The van der Waals surface area contributed by atoms with E-state index in [1.165, 1.54) is 6.20 Å². The minimum absolute atomic E-state index is 0.138. The summed E-state index contributed by atoms with van der Waals surface area (Å²) in [5, 5.41) is 2.86. The van der Waals surface area contributed by atoms with E-state index in [9.17, 15) is 4.79 Å². The third-order valence-electron chi connectivity index (χ3n) is 3.42. The van der Waals surface area contributed by atoms with Crippen LogP contribution in [0, 0.1) is 0 Å². The zero-order valence-electron chi connectivity index (χ0n) is 13.7. The summed E-state index contributed by atoms with van der Waals surface area (Å²) < 4.78 is 10.9. The van der Waals surface area contributed by atoms with Gasteiger partial charge in [0, 0.05) is 29.7 Å². The molecule has 0 fully saturated rings. The zero-order valence-corrected chi connectivity index (χ0v) is 13.7. The number of hydrogen-bond donors (Lipinski definition) is 1. The number of carbonyl (C=O) groups excluding carboxylic acids is 1. The van der Waals surface area contributed by atoms with Gasteiger partial charge in [0.05, 0.1) is 19.7 Å². The summed E-state index contributed by atoms with van der Waals surface area (Å²) in [7, 11) is 1.59. The Morgan fingerprint density at radius 1 is 1.12 bits per heavy atom. The molecule has 0 aliphatic rings. The second-order valence-corrected chi connectivity index (χ2v) is 5.21. The van der Waals surface area contributed by atoms with Crippen LogP contribution in [0.1, 0.15) is 5.56 Å². The molecule has 126 valence electrons. The summed E-state index contributed by atoms with van der Waals surface area (Å²) in [4.78, 5) is 20.3. The third-order valence-corrected chi connectivity index (χ3v) is 3.42. The van der Waals surface area contributed by atoms with E-state index in [0.29, 0.717) is 23.1 Å². The molecule has 0 aliphatic carbocycles. The predicted molar refractivity (Wildman–Crippen MR) is 93.9 cm³/mol. The summed E-state index contributed by atoms with van der Waals surface area (Å²) in [6.07, 6.45) is 4.86. The highest BCUT2D eigenvalue weighted by molar-refractivity contribution is 5.92. The molecule has 1 aromatic heterocycles. The van der Waals surface area contributed by atoms with Crippen LogP contribution in [0.15, 0.2) is 67.1 Å². The fourth-order valence-corrected chi connectivity index (χ4v) is 2.32. The molecule has 0 spiro atoms. The second kappa shape index (κ2) is 7.92. The molecule has 25 heavy (non-hydrogen) atoms. The number of methoxy groups -OCH3 is 1. The molecule has 2 aromatic carbocycles. The van der Waals surface area contributed by atoms with Crippen LogP contribution in [0.4, 0.5) is 5.69 Å². The van der Waals surface area contributed by atoms with Crippen LogP contribution in [-0.4, -0.2) is 23.0 Å². The molecule has 0 atom stereocenters. The molecule has 0 saturated carbocycles. The van der Waals surface area contributed by atoms with Crippen LogP contribution in [0.5, 0.6) is 17.4 Å². The first-order valence-electron chi connectivity index (χ1n) is 7.70. The van der Waals surface area contributed by atoms with Gasteiger partial charge in [-0.3, -0.25) is 9.78 Å². The summed E-state index contributed by atoms with van der Waals surface area (Å²) in [5.41, 5.74) is 1.47. The molecule has 6 nitrogen and oxygen atoms in total. The number of hydrogen-bond acceptors (Lipinski definition) is 5. The van der Waals surface area contributed by atoms with Crippen LogP contribution >= 0.6 is 0 Å². The lowest BCUT2D eigenvalue weighted by Gasteiger charge is -2.10. The Balaban J connectivity index is 1.66. The zero-order chi connectivity index (χ0) is 17.5. The van der Waals surface area contributed by atoms with Crippen molar-refractivity contribution in [3.63, 3.8) is 0 Å². The number of benzene rings is 2. The Morgan fingerprint density at radius 2 is 2.00 bits per heavy atom. The van der Waals surface area contributed by atoms with E-state index in [4.69, 9.17) is 9.47 Å². The number of para-hydroxylation sites is 1. The average molecular weight is 335 g/mol. The van der Waals surface area contributed by atoms with Crippen LogP contribution in [0.2, 0.25) is 0 Å². The Hall–Kier alpha value is -3.41. The molecular weight excluding hydrogens is 318 g/mol. The number of rotatable bonds is 6. The molecule has 0 saturated heterocycles. The van der Waals surface area contributed by atoms with Gasteiger partial charge in [-0.15, -0.1) is 0 Å². The molecule has 3 aromatic rings. The largest absolute Gasteiger partial charge is 0.496 e. The van der Waals surface area contributed by atoms with E-state index in [-0.39, 0.29) is 12.3 Å². The number of nitrogens with zero attached hydrogens (tertiary/aromatic N) is 2. The standard InChI is InChI=1S/C19H17N3O3/c1-24-17-8-3-2-5-14(17)11-18(23)22-15-6-4-7-16(12-15)25-19-13-20-9-10-21-19/h2-10,12-13H,11H2,1H3,(H,22,23). The van der Waals surface area contributed by atoms with Gasteiger partial charge in [0.15, 0.2) is 0 Å². The Bertz CT molecular complexity index is 853. The fourth-order valence-electron chi connectivity index (χ4n) is 2.32. The number of ether oxygens (including phenoxy) is 2. The van der Waals surface area contributed by atoms with E-state index < -0.39 is 0 Å². The van der Waals surface area contributed by atoms with Gasteiger partial charge in [-0.2, -0.15) is 0 Å². The Labute approximate surface area is 145 Å². The molecule has 3 rings (SSSR count). The van der Waals surface area contributed by atoms with Crippen LogP contribution < -0.4 is 14.8 Å². The molecule has 1 N–H and O–H groups in total. The second-order valence-electron chi connectivity index (χ2n) is 5.21. The lowest BCUT2D eigenvalue weighted by molar-refractivity contribution is -0.115. The van der Waals surface area contributed by atoms with Crippen molar-refractivity contribution in [2.45, 2.75) is 6.42 Å². The molecular formula is C19H17N3O3. The van der Waals surface area contributed by atoms with E-state index in [0.717, 1.165) is 5.56 Å². The fraction of sp³-hybridized carbons (Fsp3) is 0.105. The molecule has 0 unspecified atom stereocenters. The highest BCUT2D eigenvalue weighted by Gasteiger charge is 2.09. The first kappa shape index (κ1) is 16.4. The van der Waals surface area contributed by atoms with Gasteiger partial charge in [-0.1, -0.05) is 24.3 Å². The number of carbonyl (C=O) groups is 1. The molecule has 6 heteroatoms. The third kappa shape index (κ3) is 4.54. The number of amides is 1. The van der Waals surface area contributed by atoms with Crippen molar-refractivity contribution < 1.29 is 14.3 Å². The molecule has 0 bridgehead atoms. The lowest BCUT2D eigenvalue weighted by Crippen LogP contribution is -2.14. The minimum atomic E-state index is -0.138. The Morgan fingerprint density at radius 3 is 2.80 bits per heavy atom. The van der Waals surface area contributed by atoms with Crippen molar-refractivity contribution in [2.24, 2.45) is 0 Å². The SMILES string of the molecule is COc1ccccc1CC(=O)Nc1cccc(Oc2cnccn2)c1. The minimum Gasteiger partial charge on any atom is -0.496 e. The highest BCUT2D eigenvalue weighted by atomic mass is 16.5. The maximum absolute atomic E-state index is 12.3. The summed E-state index contributed by atoms with van der Waals surface area (Å²) in [5.74, 6) is 1.51. The van der Waals surface area contributed by atoms with E-state index in [2.05, 4.69) is 15.3 Å². The molecule has 1 amide bonds. The van der Waals surface area contributed by atoms with Crippen LogP contribution in [-0.2, 0) is 11.2 Å². The number of aromatic nitrogens is 2. The smallest absolute Gasteiger partial charge is 0.237 e. The monoisotopic (exact) mass is 335 g/mol. The Kier molecular flexibility index (Phi) is 5.21. The van der Waals surface area contributed by atoms with E-state index in [1.807, 2.05) is 24.3 Å². The van der Waals surface area contributed by atoms with Crippen molar-refractivity contribution in [1.82, 2.24) is 9.97 Å². The van der Waals surface area contributed by atoms with Gasteiger partial charge in [0.1, 0.15) is 11.5 Å². The molecule has 0 aliphatic heterocycles. The molecule has 0 radical (unpaired) electrons. The van der Waals surface area contributed by atoms with Crippen molar-refractivity contribution in [3.8, 4) is 17.4 Å². The summed E-state index contributed by atoms with van der Waals surface area (Å²) in [6.45, 7) is 0. The van der Waals surface area contributed by atoms with Gasteiger partial charge in [0.25, 0.3) is 0 Å². The maximum Gasteiger partial charge on any atom is 0.237 e. The van der Waals surface area contributed by atoms with Crippen molar-refractivity contribution in [3.05, 3.63) is 72.7 Å². The first-order valence-corrected chi connectivity index (χ1v) is 7.70. The van der Waals surface area contributed by atoms with Crippen molar-refractivity contribution in [2.75, 3.05) is 12.4 Å². The highest BCUT2D eigenvalue weighted by Crippen LogP contribution is 2.23. The average Bonchev–Trinajstić information content (AvgIpc) is 2.63. The van der Waals surface area contributed by atoms with Crippen molar-refractivity contribution >= 4 is 11.6 Å². The van der Waals surface area contributed by atoms with Gasteiger partial charge in [-0.05, 0) is 18.2 Å². The maximum atomic E-state index is 12.3. The molecule has 1 heterocycles. The summed E-state index contributed by atoms with van der Waals surface area (Å²) >= 11 is 0. The van der Waals surface area contributed by atoms with Gasteiger partial charge in [0.2, 0.25) is 11.8 Å².